The molecule has 116 valence electrons. The molecule has 2 aromatic rings. The summed E-state index contributed by atoms with van der Waals surface area (Å²) < 4.78 is 26.9. The van der Waals surface area contributed by atoms with Crippen LogP contribution >= 0.6 is 11.8 Å². The summed E-state index contributed by atoms with van der Waals surface area (Å²) in [5.74, 6) is 0.372. The second-order valence-corrected chi connectivity index (χ2v) is 6.22. The quantitative estimate of drug-likeness (QED) is 0.795. The van der Waals surface area contributed by atoms with Crippen LogP contribution in [0.4, 0.5) is 14.6 Å². The van der Waals surface area contributed by atoms with E-state index >= 15 is 0 Å². The lowest BCUT2D eigenvalue weighted by Crippen LogP contribution is -2.30. The number of hydrogen-bond donors (Lipinski definition) is 0. The average molecular weight is 321 g/mol. The van der Waals surface area contributed by atoms with E-state index in [1.165, 1.54) is 24.2 Å². The van der Waals surface area contributed by atoms with Gasteiger partial charge in [-0.25, -0.2) is 18.7 Å². The Morgan fingerprint density at radius 1 is 1.05 bits per heavy atom. The highest BCUT2D eigenvalue weighted by Crippen LogP contribution is 2.30. The van der Waals surface area contributed by atoms with E-state index in [4.69, 9.17) is 0 Å². The van der Waals surface area contributed by atoms with Crippen molar-refractivity contribution < 1.29 is 8.78 Å². The number of aromatic nitrogens is 2. The molecule has 0 aliphatic carbocycles. The van der Waals surface area contributed by atoms with Crippen molar-refractivity contribution in [2.75, 3.05) is 18.0 Å². The van der Waals surface area contributed by atoms with Crippen LogP contribution in [-0.2, 0) is 5.75 Å². The minimum Gasteiger partial charge on any atom is -0.354 e. The molecule has 0 amide bonds. The maximum atomic E-state index is 13.7. The molecule has 1 aromatic heterocycles. The summed E-state index contributed by atoms with van der Waals surface area (Å²) in [6.45, 7) is 1.95. The molecule has 3 rings (SSSR count). The van der Waals surface area contributed by atoms with Crippen molar-refractivity contribution in [1.29, 1.82) is 0 Å². The molecule has 2 heterocycles. The summed E-state index contributed by atoms with van der Waals surface area (Å²) in [6.07, 6.45) is 6.86. The number of anilines is 1. The molecule has 0 bridgehead atoms. The molecule has 0 N–H and O–H groups in total. The van der Waals surface area contributed by atoms with Crippen LogP contribution in [-0.4, -0.2) is 23.1 Å². The SMILES string of the molecule is Fc1ccc(F)c(CSc2nccnc2N2CCCCC2)c1. The molecule has 0 saturated carbocycles. The summed E-state index contributed by atoms with van der Waals surface area (Å²) in [7, 11) is 0. The van der Waals surface area contributed by atoms with Gasteiger partial charge in [0.05, 0.1) is 0 Å². The van der Waals surface area contributed by atoms with Gasteiger partial charge in [-0.05, 0) is 37.5 Å². The third-order valence-corrected chi connectivity index (χ3v) is 4.69. The predicted molar refractivity (Wildman–Crippen MR) is 84.0 cm³/mol. The van der Waals surface area contributed by atoms with Gasteiger partial charge in [0, 0.05) is 36.8 Å². The minimum atomic E-state index is -0.424. The highest BCUT2D eigenvalue weighted by atomic mass is 32.2. The Morgan fingerprint density at radius 3 is 2.64 bits per heavy atom. The first kappa shape index (κ1) is 15.2. The first-order valence-corrected chi connectivity index (χ1v) is 8.35. The normalized spacial score (nSPS) is 15.1. The lowest BCUT2D eigenvalue weighted by Gasteiger charge is -2.28. The summed E-state index contributed by atoms with van der Waals surface area (Å²) in [5.41, 5.74) is 0.347. The second-order valence-electron chi connectivity index (χ2n) is 5.26. The lowest BCUT2D eigenvalue weighted by molar-refractivity contribution is 0.568. The van der Waals surface area contributed by atoms with E-state index in [0.29, 0.717) is 11.3 Å². The molecule has 3 nitrogen and oxygen atoms in total. The summed E-state index contributed by atoms with van der Waals surface area (Å²) in [5, 5.41) is 0.771. The highest BCUT2D eigenvalue weighted by molar-refractivity contribution is 7.98. The zero-order chi connectivity index (χ0) is 15.4. The van der Waals surface area contributed by atoms with Crippen molar-refractivity contribution in [2.24, 2.45) is 0 Å². The van der Waals surface area contributed by atoms with Gasteiger partial charge in [0.25, 0.3) is 0 Å². The number of halogens is 2. The molecule has 0 atom stereocenters. The van der Waals surface area contributed by atoms with E-state index in [0.717, 1.165) is 48.9 Å². The van der Waals surface area contributed by atoms with Crippen LogP contribution in [0.2, 0.25) is 0 Å². The van der Waals surface area contributed by atoms with Gasteiger partial charge in [-0.15, -0.1) is 0 Å². The Balaban J connectivity index is 1.76. The van der Waals surface area contributed by atoms with Gasteiger partial charge < -0.3 is 4.90 Å². The van der Waals surface area contributed by atoms with Crippen molar-refractivity contribution in [3.8, 4) is 0 Å². The molecular formula is C16H17F2N3S. The Labute approximate surface area is 132 Å². The van der Waals surface area contributed by atoms with Crippen LogP contribution in [0.25, 0.3) is 0 Å². The number of piperidine rings is 1. The fraction of sp³-hybridized carbons (Fsp3) is 0.375. The Hall–Kier alpha value is -1.69. The van der Waals surface area contributed by atoms with Crippen LogP contribution in [0.15, 0.2) is 35.6 Å². The topological polar surface area (TPSA) is 29.0 Å². The van der Waals surface area contributed by atoms with Gasteiger partial charge >= 0.3 is 0 Å². The molecular weight excluding hydrogens is 304 g/mol. The first-order chi connectivity index (χ1) is 10.7. The number of nitrogens with zero attached hydrogens (tertiary/aromatic N) is 3. The fourth-order valence-electron chi connectivity index (χ4n) is 2.54. The molecule has 1 aromatic carbocycles. The van der Waals surface area contributed by atoms with E-state index in [9.17, 15) is 8.78 Å². The fourth-order valence-corrected chi connectivity index (χ4v) is 3.50. The average Bonchev–Trinajstić information content (AvgIpc) is 2.57. The Kier molecular flexibility index (Phi) is 4.87. The molecule has 0 unspecified atom stereocenters. The van der Waals surface area contributed by atoms with E-state index < -0.39 is 11.6 Å². The zero-order valence-electron chi connectivity index (χ0n) is 12.1. The van der Waals surface area contributed by atoms with Crippen molar-refractivity contribution in [3.05, 3.63) is 47.8 Å². The van der Waals surface area contributed by atoms with Crippen LogP contribution in [0.5, 0.6) is 0 Å². The smallest absolute Gasteiger partial charge is 0.161 e. The Morgan fingerprint density at radius 2 is 1.82 bits per heavy atom. The standard InChI is InChI=1S/C16H17F2N3S/c17-13-4-5-14(18)12(10-13)11-22-16-15(19-6-7-20-16)21-8-2-1-3-9-21/h4-7,10H,1-3,8-9,11H2. The molecule has 1 saturated heterocycles. The van der Waals surface area contributed by atoms with Gasteiger partial charge in [-0.2, -0.15) is 0 Å². The van der Waals surface area contributed by atoms with Gasteiger partial charge in [0.1, 0.15) is 16.7 Å². The number of rotatable bonds is 4. The van der Waals surface area contributed by atoms with Gasteiger partial charge in [-0.3, -0.25) is 0 Å². The first-order valence-electron chi connectivity index (χ1n) is 7.37. The number of thioether (sulfide) groups is 1. The Bertz CT molecular complexity index is 645. The van der Waals surface area contributed by atoms with E-state index in [2.05, 4.69) is 14.9 Å². The molecule has 0 radical (unpaired) electrons. The van der Waals surface area contributed by atoms with Gasteiger partial charge in [0.2, 0.25) is 0 Å². The molecule has 1 aliphatic heterocycles. The minimum absolute atomic E-state index is 0.336. The third-order valence-electron chi connectivity index (χ3n) is 3.67. The zero-order valence-corrected chi connectivity index (χ0v) is 13.0. The van der Waals surface area contributed by atoms with Crippen LogP contribution in [0.1, 0.15) is 24.8 Å². The molecule has 6 heteroatoms. The van der Waals surface area contributed by atoms with Crippen molar-refractivity contribution >= 4 is 17.6 Å². The monoisotopic (exact) mass is 321 g/mol. The van der Waals surface area contributed by atoms with Gasteiger partial charge in [-0.1, -0.05) is 11.8 Å². The maximum absolute atomic E-state index is 13.7. The predicted octanol–water partition coefficient (Wildman–Crippen LogP) is 4.04. The van der Waals surface area contributed by atoms with Crippen LogP contribution in [0, 0.1) is 11.6 Å². The number of hydrogen-bond acceptors (Lipinski definition) is 4. The maximum Gasteiger partial charge on any atom is 0.161 e. The summed E-state index contributed by atoms with van der Waals surface area (Å²) >= 11 is 1.39. The molecule has 1 aliphatic rings. The van der Waals surface area contributed by atoms with Crippen LogP contribution < -0.4 is 4.90 Å². The van der Waals surface area contributed by atoms with Crippen LogP contribution in [0.3, 0.4) is 0 Å². The van der Waals surface area contributed by atoms with Crippen molar-refractivity contribution in [1.82, 2.24) is 9.97 Å². The van der Waals surface area contributed by atoms with Gasteiger partial charge in [0.15, 0.2) is 5.82 Å². The van der Waals surface area contributed by atoms with E-state index in [1.54, 1.807) is 12.4 Å². The van der Waals surface area contributed by atoms with E-state index in [-0.39, 0.29) is 0 Å². The second kappa shape index (κ2) is 7.05. The van der Waals surface area contributed by atoms with E-state index in [1.807, 2.05) is 0 Å². The number of benzene rings is 1. The third kappa shape index (κ3) is 3.55. The summed E-state index contributed by atoms with van der Waals surface area (Å²) in [6, 6.07) is 3.53. The van der Waals surface area contributed by atoms with Crippen molar-refractivity contribution in [3.63, 3.8) is 0 Å². The van der Waals surface area contributed by atoms with Crippen molar-refractivity contribution in [2.45, 2.75) is 30.0 Å². The highest BCUT2D eigenvalue weighted by Gasteiger charge is 2.17. The molecule has 0 spiro atoms. The summed E-state index contributed by atoms with van der Waals surface area (Å²) in [4.78, 5) is 11.0. The largest absolute Gasteiger partial charge is 0.354 e. The molecule has 1 fully saturated rings. The molecule has 22 heavy (non-hydrogen) atoms. The lowest BCUT2D eigenvalue weighted by atomic mass is 10.1.